The lowest BCUT2D eigenvalue weighted by Crippen LogP contribution is -2.47. The van der Waals surface area contributed by atoms with Gasteiger partial charge in [0.15, 0.2) is 0 Å². The van der Waals surface area contributed by atoms with Crippen molar-refractivity contribution in [3.05, 3.63) is 72.4 Å². The zero-order valence-corrected chi connectivity index (χ0v) is 15.3. The number of halogens is 1. The maximum absolute atomic E-state index is 13.9. The summed E-state index contributed by atoms with van der Waals surface area (Å²) >= 11 is 0. The minimum atomic E-state index is -0.604. The largest absolute Gasteiger partial charge is 0.366 e. The summed E-state index contributed by atoms with van der Waals surface area (Å²) in [5.41, 5.74) is 2.59. The molecule has 4 rings (SSSR count). The second-order valence-corrected chi connectivity index (χ2v) is 6.71. The molecule has 0 spiro atoms. The van der Waals surface area contributed by atoms with E-state index in [9.17, 15) is 9.18 Å². The first-order valence-electron chi connectivity index (χ1n) is 9.16. The molecule has 28 heavy (non-hydrogen) atoms. The molecule has 1 aromatic carbocycles. The Bertz CT molecular complexity index is 944. The van der Waals surface area contributed by atoms with Crippen LogP contribution in [0.5, 0.6) is 0 Å². The summed E-state index contributed by atoms with van der Waals surface area (Å²) in [7, 11) is 0. The van der Waals surface area contributed by atoms with E-state index in [0.717, 1.165) is 11.1 Å². The summed E-state index contributed by atoms with van der Waals surface area (Å²) in [6, 6.07) is 12.4. The number of nitrogens with one attached hydrogen (secondary N) is 2. The van der Waals surface area contributed by atoms with Crippen molar-refractivity contribution >= 4 is 11.7 Å². The Kier molecular flexibility index (Phi) is 5.45. The molecule has 1 fully saturated rings. The molecule has 1 aliphatic heterocycles. The van der Waals surface area contributed by atoms with Crippen molar-refractivity contribution in [3.8, 4) is 11.1 Å². The van der Waals surface area contributed by atoms with E-state index in [1.54, 1.807) is 24.5 Å². The van der Waals surface area contributed by atoms with Gasteiger partial charge >= 0.3 is 0 Å². The number of carbonyl (C=O) groups is 1. The monoisotopic (exact) mass is 380 g/mol. The third-order valence-electron chi connectivity index (χ3n) is 4.75. The molecule has 7 heteroatoms. The highest BCUT2D eigenvalue weighted by Crippen LogP contribution is 2.22. The van der Waals surface area contributed by atoms with Gasteiger partial charge in [-0.15, -0.1) is 0 Å². The number of amides is 1. The van der Waals surface area contributed by atoms with Gasteiger partial charge in [-0.05, 0) is 29.8 Å². The SMILES string of the molecule is O=C(Nc1cc(-c2ccncc2)c[nH]1)C1CN(Cc2ccccc2F)CCO1. The van der Waals surface area contributed by atoms with Gasteiger partial charge in [0.25, 0.3) is 5.91 Å². The van der Waals surface area contributed by atoms with E-state index in [-0.39, 0.29) is 11.7 Å². The summed E-state index contributed by atoms with van der Waals surface area (Å²) in [6.07, 6.45) is 4.67. The van der Waals surface area contributed by atoms with E-state index < -0.39 is 6.10 Å². The van der Waals surface area contributed by atoms with Crippen LogP contribution in [0.2, 0.25) is 0 Å². The molecule has 1 atom stereocenters. The first-order chi connectivity index (χ1) is 13.7. The minimum absolute atomic E-state index is 0.221. The van der Waals surface area contributed by atoms with Crippen molar-refractivity contribution in [2.24, 2.45) is 0 Å². The van der Waals surface area contributed by atoms with Crippen molar-refractivity contribution < 1.29 is 13.9 Å². The number of hydrogen-bond acceptors (Lipinski definition) is 4. The highest BCUT2D eigenvalue weighted by atomic mass is 19.1. The molecule has 1 unspecified atom stereocenters. The molecule has 3 aromatic rings. The molecule has 144 valence electrons. The number of ether oxygens (including phenoxy) is 1. The van der Waals surface area contributed by atoms with Crippen LogP contribution in [0.1, 0.15) is 5.56 Å². The molecule has 2 aromatic heterocycles. The van der Waals surface area contributed by atoms with E-state index in [2.05, 4.69) is 15.3 Å². The van der Waals surface area contributed by atoms with E-state index >= 15 is 0 Å². The lowest BCUT2D eigenvalue weighted by atomic mass is 10.1. The van der Waals surface area contributed by atoms with Crippen LogP contribution in [0, 0.1) is 5.82 Å². The van der Waals surface area contributed by atoms with Gasteiger partial charge < -0.3 is 15.0 Å². The fourth-order valence-corrected chi connectivity index (χ4v) is 3.26. The Hall–Kier alpha value is -3.03. The van der Waals surface area contributed by atoms with Crippen molar-refractivity contribution in [1.29, 1.82) is 0 Å². The number of carbonyl (C=O) groups excluding carboxylic acids is 1. The van der Waals surface area contributed by atoms with Crippen LogP contribution < -0.4 is 5.32 Å². The maximum atomic E-state index is 13.9. The summed E-state index contributed by atoms with van der Waals surface area (Å²) < 4.78 is 19.5. The van der Waals surface area contributed by atoms with Gasteiger partial charge in [0, 0.05) is 49.4 Å². The number of rotatable bonds is 5. The number of H-pyrrole nitrogens is 1. The molecule has 0 bridgehead atoms. The first-order valence-corrected chi connectivity index (χ1v) is 9.16. The zero-order valence-electron chi connectivity index (χ0n) is 15.3. The molecule has 3 heterocycles. The molecule has 2 N–H and O–H groups in total. The number of pyridine rings is 1. The lowest BCUT2D eigenvalue weighted by Gasteiger charge is -2.32. The Labute approximate surface area is 162 Å². The maximum Gasteiger partial charge on any atom is 0.255 e. The number of anilines is 1. The van der Waals surface area contributed by atoms with E-state index in [1.807, 2.05) is 35.4 Å². The Morgan fingerprint density at radius 3 is 2.89 bits per heavy atom. The second kappa shape index (κ2) is 8.33. The Balaban J connectivity index is 1.37. The predicted octanol–water partition coefficient (Wildman–Crippen LogP) is 3.06. The van der Waals surface area contributed by atoms with Crippen molar-refractivity contribution in [3.63, 3.8) is 0 Å². The van der Waals surface area contributed by atoms with Crippen LogP contribution >= 0.6 is 0 Å². The molecule has 6 nitrogen and oxygen atoms in total. The number of morpholine rings is 1. The van der Waals surface area contributed by atoms with Crippen molar-refractivity contribution in [2.75, 3.05) is 25.0 Å². The first kappa shape index (κ1) is 18.3. The van der Waals surface area contributed by atoms with Crippen LogP contribution in [0.3, 0.4) is 0 Å². The molecule has 0 aliphatic carbocycles. The normalized spacial score (nSPS) is 17.4. The molecule has 0 radical (unpaired) electrons. The van der Waals surface area contributed by atoms with E-state index in [0.29, 0.717) is 37.6 Å². The van der Waals surface area contributed by atoms with Gasteiger partial charge in [0.05, 0.1) is 6.61 Å². The summed E-state index contributed by atoms with van der Waals surface area (Å²) in [6.45, 7) is 1.96. The fraction of sp³-hybridized carbons (Fsp3) is 0.238. The standard InChI is InChI=1S/C21H21FN4O2/c22-18-4-2-1-3-16(18)13-26-9-10-28-19(14-26)21(27)25-20-11-17(12-24-20)15-5-7-23-8-6-15/h1-8,11-12,19,24H,9-10,13-14H2,(H,25,27). The second-order valence-electron chi connectivity index (χ2n) is 6.71. The summed E-state index contributed by atoms with van der Waals surface area (Å²) in [5.74, 6) is 0.151. The van der Waals surface area contributed by atoms with Crippen LogP contribution in [-0.2, 0) is 16.1 Å². The molecule has 1 aliphatic rings. The van der Waals surface area contributed by atoms with E-state index in [1.165, 1.54) is 6.07 Å². The average molecular weight is 380 g/mol. The zero-order chi connectivity index (χ0) is 19.3. The third-order valence-corrected chi connectivity index (χ3v) is 4.75. The molecule has 0 saturated carbocycles. The van der Waals surface area contributed by atoms with E-state index in [4.69, 9.17) is 4.74 Å². The minimum Gasteiger partial charge on any atom is -0.366 e. The van der Waals surface area contributed by atoms with Crippen LogP contribution in [0.25, 0.3) is 11.1 Å². The van der Waals surface area contributed by atoms with Gasteiger partial charge in [-0.3, -0.25) is 14.7 Å². The summed E-state index contributed by atoms with van der Waals surface area (Å²) in [5, 5.41) is 2.86. The number of hydrogen-bond donors (Lipinski definition) is 2. The number of benzene rings is 1. The smallest absolute Gasteiger partial charge is 0.255 e. The van der Waals surface area contributed by atoms with Gasteiger partial charge in [0.2, 0.25) is 0 Å². The van der Waals surface area contributed by atoms with Gasteiger partial charge in [-0.1, -0.05) is 18.2 Å². The fourth-order valence-electron chi connectivity index (χ4n) is 3.26. The van der Waals surface area contributed by atoms with Crippen molar-refractivity contribution in [2.45, 2.75) is 12.6 Å². The van der Waals surface area contributed by atoms with Gasteiger partial charge in [0.1, 0.15) is 17.7 Å². The highest BCUT2D eigenvalue weighted by Gasteiger charge is 2.27. The number of aromatic amines is 1. The molecular weight excluding hydrogens is 359 g/mol. The molecule has 1 saturated heterocycles. The third kappa shape index (κ3) is 4.27. The van der Waals surface area contributed by atoms with Gasteiger partial charge in [-0.2, -0.15) is 0 Å². The van der Waals surface area contributed by atoms with Crippen LogP contribution in [0.4, 0.5) is 10.2 Å². The van der Waals surface area contributed by atoms with Gasteiger partial charge in [-0.25, -0.2) is 4.39 Å². The molecular formula is C21H21FN4O2. The van der Waals surface area contributed by atoms with Crippen molar-refractivity contribution in [1.82, 2.24) is 14.9 Å². The van der Waals surface area contributed by atoms with Crippen LogP contribution in [-0.4, -0.2) is 46.6 Å². The predicted molar refractivity (Wildman–Crippen MR) is 104 cm³/mol. The summed E-state index contributed by atoms with van der Waals surface area (Å²) in [4.78, 5) is 21.7. The average Bonchev–Trinajstić information content (AvgIpc) is 3.19. The Morgan fingerprint density at radius 1 is 1.25 bits per heavy atom. The Morgan fingerprint density at radius 2 is 2.07 bits per heavy atom. The van der Waals surface area contributed by atoms with Crippen LogP contribution in [0.15, 0.2) is 61.1 Å². The highest BCUT2D eigenvalue weighted by molar-refractivity contribution is 5.94. The molecule has 1 amide bonds. The lowest BCUT2D eigenvalue weighted by molar-refractivity contribution is -0.133. The number of aromatic nitrogens is 2. The number of nitrogens with zero attached hydrogens (tertiary/aromatic N) is 2. The quantitative estimate of drug-likeness (QED) is 0.714. The topological polar surface area (TPSA) is 70.2 Å².